The number of piperidine rings is 1. The molecule has 1 aromatic rings. The normalized spacial score (nSPS) is 16.6. The van der Waals surface area contributed by atoms with Crippen LogP contribution in [0.15, 0.2) is 11.0 Å². The molecule has 0 bridgehead atoms. The van der Waals surface area contributed by atoms with Gasteiger partial charge in [0.1, 0.15) is 0 Å². The van der Waals surface area contributed by atoms with Gasteiger partial charge in [-0.1, -0.05) is 0 Å². The standard InChI is InChI=1S/C14H23N3O3S2/c1-10-9-13(11(2)21-10)22(19,20)17-8-7-16-14(18)12-3-5-15-6-4-12/h9,12,15,17H,3-8H2,1-2H3,(H,16,18). The van der Waals surface area contributed by atoms with Crippen LogP contribution in [-0.4, -0.2) is 40.5 Å². The fraction of sp³-hybridized carbons (Fsp3) is 0.643. The summed E-state index contributed by atoms with van der Waals surface area (Å²) in [6.07, 6.45) is 1.68. The Labute approximate surface area is 135 Å². The van der Waals surface area contributed by atoms with E-state index in [-0.39, 0.29) is 18.4 Å². The summed E-state index contributed by atoms with van der Waals surface area (Å²) in [6, 6.07) is 1.68. The number of hydrogen-bond acceptors (Lipinski definition) is 5. The zero-order chi connectivity index (χ0) is 16.2. The number of amides is 1. The summed E-state index contributed by atoms with van der Waals surface area (Å²) in [5, 5.41) is 6.02. The van der Waals surface area contributed by atoms with Gasteiger partial charge in [0.2, 0.25) is 15.9 Å². The van der Waals surface area contributed by atoms with Gasteiger partial charge in [0, 0.05) is 28.8 Å². The summed E-state index contributed by atoms with van der Waals surface area (Å²) < 4.78 is 26.9. The van der Waals surface area contributed by atoms with Crippen LogP contribution in [0.5, 0.6) is 0 Å². The zero-order valence-electron chi connectivity index (χ0n) is 12.9. The molecule has 2 rings (SSSR count). The van der Waals surface area contributed by atoms with Crippen LogP contribution in [0, 0.1) is 19.8 Å². The highest BCUT2D eigenvalue weighted by Gasteiger charge is 2.21. The van der Waals surface area contributed by atoms with Gasteiger partial charge in [-0.3, -0.25) is 4.79 Å². The molecule has 1 amide bonds. The Kier molecular flexibility index (Phi) is 5.96. The van der Waals surface area contributed by atoms with E-state index in [4.69, 9.17) is 0 Å². The molecule has 0 atom stereocenters. The van der Waals surface area contributed by atoms with E-state index in [0.717, 1.165) is 35.7 Å². The molecule has 8 heteroatoms. The lowest BCUT2D eigenvalue weighted by atomic mass is 9.97. The van der Waals surface area contributed by atoms with Gasteiger partial charge < -0.3 is 10.6 Å². The van der Waals surface area contributed by atoms with E-state index in [1.165, 1.54) is 11.3 Å². The maximum atomic E-state index is 12.2. The number of hydrogen-bond donors (Lipinski definition) is 3. The van der Waals surface area contributed by atoms with Crippen molar-refractivity contribution in [3.63, 3.8) is 0 Å². The van der Waals surface area contributed by atoms with E-state index in [1.54, 1.807) is 13.0 Å². The van der Waals surface area contributed by atoms with Gasteiger partial charge in [-0.05, 0) is 45.8 Å². The number of thiophene rings is 1. The molecule has 3 N–H and O–H groups in total. The third kappa shape index (κ3) is 4.52. The molecule has 1 saturated heterocycles. The molecule has 0 aliphatic carbocycles. The fourth-order valence-corrected chi connectivity index (χ4v) is 5.14. The molecule has 0 aromatic carbocycles. The number of rotatable bonds is 6. The summed E-state index contributed by atoms with van der Waals surface area (Å²) in [5.74, 6) is 0.0582. The van der Waals surface area contributed by atoms with Crippen LogP contribution in [0.25, 0.3) is 0 Å². The molecular weight excluding hydrogens is 322 g/mol. The van der Waals surface area contributed by atoms with Crippen molar-refractivity contribution in [1.29, 1.82) is 0 Å². The summed E-state index contributed by atoms with van der Waals surface area (Å²) >= 11 is 1.46. The molecule has 124 valence electrons. The lowest BCUT2D eigenvalue weighted by molar-refractivity contribution is -0.125. The summed E-state index contributed by atoms with van der Waals surface area (Å²) in [6.45, 7) is 5.92. The van der Waals surface area contributed by atoms with E-state index >= 15 is 0 Å². The predicted octanol–water partition coefficient (Wildman–Crippen LogP) is 0.759. The van der Waals surface area contributed by atoms with E-state index in [9.17, 15) is 13.2 Å². The minimum absolute atomic E-state index is 0.0169. The molecule has 2 heterocycles. The number of carbonyl (C=O) groups excluding carboxylic acids is 1. The van der Waals surface area contributed by atoms with Crippen molar-refractivity contribution < 1.29 is 13.2 Å². The van der Waals surface area contributed by atoms with Crippen LogP contribution in [-0.2, 0) is 14.8 Å². The van der Waals surface area contributed by atoms with Crippen molar-refractivity contribution in [2.24, 2.45) is 5.92 Å². The Morgan fingerprint density at radius 1 is 1.32 bits per heavy atom. The topological polar surface area (TPSA) is 87.3 Å². The number of aryl methyl sites for hydroxylation is 2. The highest BCUT2D eigenvalue weighted by atomic mass is 32.2. The zero-order valence-corrected chi connectivity index (χ0v) is 14.6. The van der Waals surface area contributed by atoms with Gasteiger partial charge in [-0.15, -0.1) is 11.3 Å². The quantitative estimate of drug-likeness (QED) is 0.664. The van der Waals surface area contributed by atoms with E-state index in [2.05, 4.69) is 15.4 Å². The maximum absolute atomic E-state index is 12.2. The Morgan fingerprint density at radius 3 is 2.59 bits per heavy atom. The molecule has 1 aliphatic rings. The summed E-state index contributed by atoms with van der Waals surface area (Å²) in [7, 11) is -3.49. The highest BCUT2D eigenvalue weighted by Crippen LogP contribution is 2.24. The largest absolute Gasteiger partial charge is 0.355 e. The van der Waals surface area contributed by atoms with Gasteiger partial charge in [0.25, 0.3) is 0 Å². The second kappa shape index (κ2) is 7.54. The van der Waals surface area contributed by atoms with E-state index in [1.807, 2.05) is 6.92 Å². The molecule has 22 heavy (non-hydrogen) atoms. The van der Waals surface area contributed by atoms with Gasteiger partial charge in [0.15, 0.2) is 0 Å². The lowest BCUT2D eigenvalue weighted by Gasteiger charge is -2.21. The third-order valence-electron chi connectivity index (χ3n) is 3.71. The van der Waals surface area contributed by atoms with Crippen LogP contribution < -0.4 is 15.4 Å². The molecule has 0 spiro atoms. The lowest BCUT2D eigenvalue weighted by Crippen LogP contribution is -2.41. The van der Waals surface area contributed by atoms with Crippen LogP contribution >= 0.6 is 11.3 Å². The predicted molar refractivity (Wildman–Crippen MR) is 87.6 cm³/mol. The first kappa shape index (κ1) is 17.4. The second-order valence-corrected chi connectivity index (χ2v) is 8.69. The highest BCUT2D eigenvalue weighted by molar-refractivity contribution is 7.89. The van der Waals surface area contributed by atoms with Crippen LogP contribution in [0.2, 0.25) is 0 Å². The molecule has 1 aromatic heterocycles. The number of nitrogens with one attached hydrogen (secondary N) is 3. The van der Waals surface area contributed by atoms with E-state index < -0.39 is 10.0 Å². The van der Waals surface area contributed by atoms with Gasteiger partial charge in [-0.2, -0.15) is 0 Å². The second-order valence-electron chi connectivity index (χ2n) is 5.49. The Morgan fingerprint density at radius 2 is 2.00 bits per heavy atom. The SMILES string of the molecule is Cc1cc(S(=O)(=O)NCCNC(=O)C2CCNCC2)c(C)s1. The van der Waals surface area contributed by atoms with E-state index in [0.29, 0.717) is 11.4 Å². The third-order valence-corrected chi connectivity index (χ3v) is 6.39. The molecule has 0 radical (unpaired) electrons. The van der Waals surface area contributed by atoms with Crippen molar-refractivity contribution in [2.45, 2.75) is 31.6 Å². The molecule has 6 nitrogen and oxygen atoms in total. The first-order valence-electron chi connectivity index (χ1n) is 7.45. The summed E-state index contributed by atoms with van der Waals surface area (Å²) in [5.41, 5.74) is 0. The van der Waals surface area contributed by atoms with Crippen molar-refractivity contribution >= 4 is 27.3 Å². The monoisotopic (exact) mass is 345 g/mol. The molecule has 0 unspecified atom stereocenters. The maximum Gasteiger partial charge on any atom is 0.241 e. The minimum Gasteiger partial charge on any atom is -0.355 e. The molecule has 1 aliphatic heterocycles. The van der Waals surface area contributed by atoms with Gasteiger partial charge in [-0.25, -0.2) is 13.1 Å². The van der Waals surface area contributed by atoms with Crippen molar-refractivity contribution in [3.8, 4) is 0 Å². The average Bonchev–Trinajstić information content (AvgIpc) is 2.84. The van der Waals surface area contributed by atoms with Crippen molar-refractivity contribution in [1.82, 2.24) is 15.4 Å². The number of carbonyl (C=O) groups is 1. The van der Waals surface area contributed by atoms with Crippen LogP contribution in [0.1, 0.15) is 22.6 Å². The molecule has 0 saturated carbocycles. The van der Waals surface area contributed by atoms with Crippen molar-refractivity contribution in [3.05, 3.63) is 15.8 Å². The molecule has 1 fully saturated rings. The smallest absolute Gasteiger partial charge is 0.241 e. The minimum atomic E-state index is -3.49. The average molecular weight is 345 g/mol. The van der Waals surface area contributed by atoms with Crippen LogP contribution in [0.4, 0.5) is 0 Å². The van der Waals surface area contributed by atoms with Gasteiger partial charge in [0.05, 0.1) is 4.90 Å². The molecular formula is C14H23N3O3S2. The first-order valence-corrected chi connectivity index (χ1v) is 9.75. The van der Waals surface area contributed by atoms with Crippen molar-refractivity contribution in [2.75, 3.05) is 26.2 Å². The first-order chi connectivity index (χ1) is 10.4. The van der Waals surface area contributed by atoms with Gasteiger partial charge >= 0.3 is 0 Å². The Bertz CT molecular complexity index is 619. The fourth-order valence-electron chi connectivity index (χ4n) is 2.55. The summed E-state index contributed by atoms with van der Waals surface area (Å²) in [4.78, 5) is 14.0. The van der Waals surface area contributed by atoms with Crippen LogP contribution in [0.3, 0.4) is 0 Å². The number of sulfonamides is 1. The Balaban J connectivity index is 1.78. The Hall–Kier alpha value is -0.960.